The van der Waals surface area contributed by atoms with Crippen LogP contribution >= 0.6 is 27.3 Å². The van der Waals surface area contributed by atoms with Gasteiger partial charge >= 0.3 is 5.97 Å². The Balaban J connectivity index is 2.55. The van der Waals surface area contributed by atoms with Crippen LogP contribution < -0.4 is 0 Å². The zero-order valence-electron chi connectivity index (χ0n) is 10.8. The summed E-state index contributed by atoms with van der Waals surface area (Å²) in [5, 5.41) is 9.53. The van der Waals surface area contributed by atoms with Crippen LogP contribution in [0.15, 0.2) is 46.3 Å². The summed E-state index contributed by atoms with van der Waals surface area (Å²) in [6.07, 6.45) is 0. The van der Waals surface area contributed by atoms with E-state index in [0.717, 1.165) is 14.2 Å². The van der Waals surface area contributed by atoms with Crippen molar-refractivity contribution in [3.05, 3.63) is 56.7 Å². The molecule has 2 aromatic rings. The van der Waals surface area contributed by atoms with E-state index in [1.165, 1.54) is 0 Å². The van der Waals surface area contributed by atoms with E-state index >= 15 is 0 Å². The lowest BCUT2D eigenvalue weighted by Crippen LogP contribution is -2.31. The third-order valence-corrected chi connectivity index (χ3v) is 4.97. The van der Waals surface area contributed by atoms with Crippen molar-refractivity contribution in [2.75, 3.05) is 0 Å². The normalized spacial score (nSPS) is 13.2. The van der Waals surface area contributed by atoms with Crippen molar-refractivity contribution in [1.29, 1.82) is 0 Å². The van der Waals surface area contributed by atoms with Crippen molar-refractivity contribution in [2.24, 2.45) is 5.41 Å². The molecule has 1 aromatic heterocycles. The van der Waals surface area contributed by atoms with Gasteiger partial charge in [0.15, 0.2) is 0 Å². The van der Waals surface area contributed by atoms with Gasteiger partial charge in [-0.15, -0.1) is 11.3 Å². The minimum Gasteiger partial charge on any atom is -0.481 e. The molecule has 19 heavy (non-hydrogen) atoms. The number of rotatable bonds is 4. The predicted molar refractivity (Wildman–Crippen MR) is 81.7 cm³/mol. The largest absolute Gasteiger partial charge is 0.481 e. The number of aliphatic carboxylic acids is 1. The first-order valence-corrected chi connectivity index (χ1v) is 7.57. The van der Waals surface area contributed by atoms with Gasteiger partial charge in [0.25, 0.3) is 0 Å². The summed E-state index contributed by atoms with van der Waals surface area (Å²) in [6.45, 7) is 3.56. The highest BCUT2D eigenvalue weighted by Crippen LogP contribution is 2.44. The zero-order chi connectivity index (χ0) is 14.0. The predicted octanol–water partition coefficient (Wildman–Crippen LogP) is 4.75. The molecule has 1 heterocycles. The number of thiophene rings is 1. The summed E-state index contributed by atoms with van der Waals surface area (Å²) in [7, 11) is 0. The minimum atomic E-state index is -0.856. The van der Waals surface area contributed by atoms with Crippen LogP contribution in [-0.2, 0) is 4.79 Å². The molecule has 1 aromatic carbocycles. The summed E-state index contributed by atoms with van der Waals surface area (Å²) in [6, 6.07) is 13.8. The van der Waals surface area contributed by atoms with Gasteiger partial charge in [0.2, 0.25) is 0 Å². The highest BCUT2D eigenvalue weighted by atomic mass is 79.9. The number of carboxylic acids is 1. The molecule has 1 N–H and O–H groups in total. The molecule has 2 nitrogen and oxygen atoms in total. The van der Waals surface area contributed by atoms with E-state index in [9.17, 15) is 9.90 Å². The van der Waals surface area contributed by atoms with Gasteiger partial charge in [-0.2, -0.15) is 0 Å². The Morgan fingerprint density at radius 1 is 1.21 bits per heavy atom. The van der Waals surface area contributed by atoms with Gasteiger partial charge in [-0.1, -0.05) is 30.3 Å². The van der Waals surface area contributed by atoms with Crippen molar-refractivity contribution in [2.45, 2.75) is 19.8 Å². The zero-order valence-corrected chi connectivity index (χ0v) is 13.2. The Bertz CT molecular complexity index is 575. The van der Waals surface area contributed by atoms with Crippen LogP contribution in [0, 0.1) is 5.41 Å². The third kappa shape index (κ3) is 2.90. The second-order valence-electron chi connectivity index (χ2n) is 5.01. The number of carbonyl (C=O) groups is 1. The van der Waals surface area contributed by atoms with Crippen LogP contribution in [0.4, 0.5) is 0 Å². The second kappa shape index (κ2) is 5.47. The fraction of sp³-hybridized carbons (Fsp3) is 0.267. The molecule has 0 amide bonds. The minimum absolute atomic E-state index is 0.150. The Hall–Kier alpha value is -1.13. The molecule has 1 atom stereocenters. The number of benzene rings is 1. The SMILES string of the molecule is CC(C)(C(=O)O)C(c1ccccc1)c1ccc(Br)s1. The molecule has 4 heteroatoms. The van der Waals surface area contributed by atoms with Gasteiger partial charge in [0.1, 0.15) is 0 Å². The van der Waals surface area contributed by atoms with Crippen molar-refractivity contribution in [3.63, 3.8) is 0 Å². The molecular weight excluding hydrogens is 324 g/mol. The summed E-state index contributed by atoms with van der Waals surface area (Å²) in [4.78, 5) is 12.7. The molecule has 0 saturated heterocycles. The van der Waals surface area contributed by atoms with Gasteiger partial charge in [0.05, 0.1) is 9.20 Å². The number of hydrogen-bond donors (Lipinski definition) is 1. The quantitative estimate of drug-likeness (QED) is 0.872. The van der Waals surface area contributed by atoms with Crippen LogP contribution in [-0.4, -0.2) is 11.1 Å². The Kier molecular flexibility index (Phi) is 4.11. The topological polar surface area (TPSA) is 37.3 Å². The lowest BCUT2D eigenvalue weighted by Gasteiger charge is -2.30. The van der Waals surface area contributed by atoms with Crippen molar-refractivity contribution < 1.29 is 9.90 Å². The van der Waals surface area contributed by atoms with E-state index in [1.54, 1.807) is 25.2 Å². The molecule has 0 fully saturated rings. The summed E-state index contributed by atoms with van der Waals surface area (Å²) in [5.41, 5.74) is 0.176. The second-order valence-corrected chi connectivity index (χ2v) is 7.51. The average molecular weight is 339 g/mol. The van der Waals surface area contributed by atoms with Gasteiger partial charge in [-0.25, -0.2) is 0 Å². The molecule has 0 saturated carbocycles. The van der Waals surface area contributed by atoms with Gasteiger partial charge in [-0.05, 0) is 47.5 Å². The molecule has 0 aliphatic rings. The van der Waals surface area contributed by atoms with Gasteiger partial charge in [-0.3, -0.25) is 4.79 Å². The van der Waals surface area contributed by atoms with E-state index in [2.05, 4.69) is 15.9 Å². The van der Waals surface area contributed by atoms with Crippen molar-refractivity contribution >= 4 is 33.2 Å². The average Bonchev–Trinajstić information content (AvgIpc) is 2.76. The summed E-state index contributed by atoms with van der Waals surface area (Å²) < 4.78 is 1.02. The van der Waals surface area contributed by atoms with Gasteiger partial charge in [0, 0.05) is 10.8 Å². The monoisotopic (exact) mass is 338 g/mol. The smallest absolute Gasteiger partial charge is 0.310 e. The fourth-order valence-corrected chi connectivity index (χ4v) is 3.93. The molecule has 0 bridgehead atoms. The van der Waals surface area contributed by atoms with Gasteiger partial charge < -0.3 is 5.11 Å². The molecule has 0 aliphatic heterocycles. The third-order valence-electron chi connectivity index (χ3n) is 3.28. The highest BCUT2D eigenvalue weighted by Gasteiger charge is 2.39. The molecule has 0 radical (unpaired) electrons. The first-order valence-electron chi connectivity index (χ1n) is 5.96. The van der Waals surface area contributed by atoms with E-state index in [4.69, 9.17) is 0 Å². The van der Waals surface area contributed by atoms with Crippen molar-refractivity contribution in [3.8, 4) is 0 Å². The lowest BCUT2D eigenvalue weighted by atomic mass is 9.74. The maximum Gasteiger partial charge on any atom is 0.310 e. The van der Waals surface area contributed by atoms with Crippen LogP contribution in [0.25, 0.3) is 0 Å². The van der Waals surface area contributed by atoms with E-state index < -0.39 is 11.4 Å². The highest BCUT2D eigenvalue weighted by molar-refractivity contribution is 9.11. The molecule has 0 spiro atoms. The van der Waals surface area contributed by atoms with E-state index in [-0.39, 0.29) is 5.92 Å². The van der Waals surface area contributed by atoms with Crippen molar-refractivity contribution in [1.82, 2.24) is 0 Å². The molecule has 0 aliphatic carbocycles. The molecule has 1 unspecified atom stereocenters. The lowest BCUT2D eigenvalue weighted by molar-refractivity contribution is -0.147. The standard InChI is InChI=1S/C15H15BrO2S/c1-15(2,14(17)18)13(10-6-4-3-5-7-10)11-8-9-12(16)19-11/h3-9,13H,1-2H3,(H,17,18). The van der Waals surface area contributed by atoms with Crippen LogP contribution in [0.5, 0.6) is 0 Å². The number of halogens is 1. The molecular formula is C15H15BrO2S. The molecule has 2 rings (SSSR count). The first-order chi connectivity index (χ1) is 8.93. The summed E-state index contributed by atoms with van der Waals surface area (Å²) in [5.74, 6) is -0.937. The Morgan fingerprint density at radius 3 is 2.32 bits per heavy atom. The van der Waals surface area contributed by atoms with Crippen LogP contribution in [0.3, 0.4) is 0 Å². The maximum absolute atomic E-state index is 11.6. The Morgan fingerprint density at radius 2 is 1.84 bits per heavy atom. The van der Waals surface area contributed by atoms with Crippen LogP contribution in [0.2, 0.25) is 0 Å². The summed E-state index contributed by atoms with van der Waals surface area (Å²) >= 11 is 5.04. The van der Waals surface area contributed by atoms with Crippen LogP contribution in [0.1, 0.15) is 30.2 Å². The number of hydrogen-bond acceptors (Lipinski definition) is 2. The molecule has 100 valence electrons. The number of carboxylic acid groups (broad SMARTS) is 1. The van der Waals surface area contributed by atoms with E-state index in [1.807, 2.05) is 42.5 Å². The maximum atomic E-state index is 11.6. The first kappa shape index (κ1) is 14.3. The fourth-order valence-electron chi connectivity index (χ4n) is 2.19. The van der Waals surface area contributed by atoms with E-state index in [0.29, 0.717) is 0 Å². The Labute approximate surface area is 125 Å².